The highest BCUT2D eigenvalue weighted by molar-refractivity contribution is 5.93. The van der Waals surface area contributed by atoms with Crippen LogP contribution in [0.1, 0.15) is 118 Å². The Morgan fingerprint density at radius 1 is 0.290 bits per heavy atom. The normalized spacial score (nSPS) is 23.2. The number of nitrogens with zero attached hydrogens (tertiary/aromatic N) is 6. The predicted molar refractivity (Wildman–Crippen MR) is 399 cm³/mol. The summed E-state index contributed by atoms with van der Waals surface area (Å²) in [5.41, 5.74) is 7.59. The van der Waals surface area contributed by atoms with Crippen LogP contribution in [0, 0.1) is 59.2 Å². The maximum atomic E-state index is 12.8. The first-order valence-electron chi connectivity index (χ1n) is 37.9. The fourth-order valence-electron chi connectivity index (χ4n) is 14.8. The van der Waals surface area contributed by atoms with Crippen molar-refractivity contribution >= 4 is 59.3 Å². The summed E-state index contributed by atoms with van der Waals surface area (Å²) in [7, 11) is 0. The van der Waals surface area contributed by atoms with Gasteiger partial charge in [0.15, 0.2) is 0 Å². The second kappa shape index (κ2) is 38.6. The molecule has 22 nitrogen and oxygen atoms in total. The summed E-state index contributed by atoms with van der Waals surface area (Å²) in [6.45, 7) is 19.1. The van der Waals surface area contributed by atoms with Crippen LogP contribution in [0.5, 0.6) is 0 Å². The number of carboxylic acids is 2. The zero-order valence-corrected chi connectivity index (χ0v) is 62.0. The zero-order valence-electron chi connectivity index (χ0n) is 62.0. The SMILES string of the molecule is CC(=O)C1CC1C(=O)N1CCN(C(c2ccccc2)c2ccccc2)CC1.CCOC(=O)C1CC1C(=O)N1CCN(C(c2ccccc2)c2ccccc2)CC1.CCOC(=O)C1CC1C(=O)O.CCOC(=O)C1CC1C(=O)OCC.O=C(O)C1CC1C(=O)N1CCN(C(c2ccccc2)c2ccccc2)CC1. The number of ether oxygens (including phenoxy) is 4. The van der Waals surface area contributed by atoms with E-state index in [0.29, 0.717) is 78.3 Å². The topological polar surface area (TPSA) is 268 Å². The van der Waals surface area contributed by atoms with Crippen molar-refractivity contribution in [3.8, 4) is 0 Å². The third-order valence-corrected chi connectivity index (χ3v) is 21.1. The van der Waals surface area contributed by atoms with Gasteiger partial charge in [0.2, 0.25) is 17.7 Å². The van der Waals surface area contributed by atoms with E-state index in [4.69, 9.17) is 24.4 Å². The van der Waals surface area contributed by atoms with Gasteiger partial charge in [-0.2, -0.15) is 0 Å². The van der Waals surface area contributed by atoms with Crippen LogP contribution in [0.2, 0.25) is 0 Å². The monoisotopic (exact) mass is 1460 g/mol. The summed E-state index contributed by atoms with van der Waals surface area (Å²) in [6, 6.07) is 63.6. The summed E-state index contributed by atoms with van der Waals surface area (Å²) in [6.07, 6.45) is 2.89. The van der Waals surface area contributed by atoms with Crippen LogP contribution in [0.3, 0.4) is 0 Å². The molecule has 10 unspecified atom stereocenters. The Bertz CT molecular complexity index is 3650. The predicted octanol–water partition coefficient (Wildman–Crippen LogP) is 9.92. The number of hydrogen-bond acceptors (Lipinski definition) is 17. The Kier molecular flexibility index (Phi) is 28.7. The molecular formula is C85H102N6O16. The molecule has 5 aliphatic carbocycles. The first-order valence-corrected chi connectivity index (χ1v) is 37.9. The molecule has 22 heteroatoms. The minimum absolute atomic E-state index is 0.0121. The van der Waals surface area contributed by atoms with E-state index in [1.54, 1.807) is 34.6 Å². The summed E-state index contributed by atoms with van der Waals surface area (Å²) >= 11 is 0. The molecule has 2 N–H and O–H groups in total. The molecular weight excluding hydrogens is 1360 g/mol. The van der Waals surface area contributed by atoms with E-state index in [1.165, 1.54) is 33.4 Å². The highest BCUT2D eigenvalue weighted by Crippen LogP contribution is 2.45. The molecule has 0 radical (unpaired) electrons. The van der Waals surface area contributed by atoms with Crippen LogP contribution >= 0.6 is 0 Å². The van der Waals surface area contributed by atoms with Crippen molar-refractivity contribution in [2.24, 2.45) is 59.2 Å². The number of piperazine rings is 3. The molecule has 5 saturated carbocycles. The summed E-state index contributed by atoms with van der Waals surface area (Å²) in [5.74, 6) is -5.12. The van der Waals surface area contributed by atoms with Gasteiger partial charge < -0.3 is 43.9 Å². The van der Waals surface area contributed by atoms with Crippen LogP contribution < -0.4 is 0 Å². The van der Waals surface area contributed by atoms with Crippen molar-refractivity contribution < 1.29 is 77.1 Å². The molecule has 568 valence electrons. The van der Waals surface area contributed by atoms with Gasteiger partial charge in [-0.3, -0.25) is 62.6 Å². The van der Waals surface area contributed by atoms with Crippen molar-refractivity contribution in [3.05, 3.63) is 215 Å². The van der Waals surface area contributed by atoms with Crippen LogP contribution in [-0.4, -0.2) is 204 Å². The quantitative estimate of drug-likeness (QED) is 0.0446. The lowest BCUT2D eigenvalue weighted by Crippen LogP contribution is -2.50. The van der Waals surface area contributed by atoms with Gasteiger partial charge in [0, 0.05) is 90.4 Å². The van der Waals surface area contributed by atoms with Gasteiger partial charge in [0.1, 0.15) is 5.78 Å². The Morgan fingerprint density at radius 3 is 0.692 bits per heavy atom. The summed E-state index contributed by atoms with van der Waals surface area (Å²) in [4.78, 5) is 129. The lowest BCUT2D eigenvalue weighted by Gasteiger charge is -2.40. The fourth-order valence-corrected chi connectivity index (χ4v) is 14.8. The number of carbonyl (C=O) groups excluding carboxylic acids is 8. The molecule has 6 aromatic rings. The van der Waals surface area contributed by atoms with Crippen molar-refractivity contribution in [2.75, 3.05) is 105 Å². The van der Waals surface area contributed by atoms with Gasteiger partial charge in [-0.1, -0.05) is 182 Å². The van der Waals surface area contributed by atoms with Gasteiger partial charge in [0.05, 0.1) is 91.9 Å². The number of aliphatic carboxylic acids is 2. The number of ketones is 1. The Balaban J connectivity index is 0.000000149. The molecule has 8 aliphatic rings. The average Bonchev–Trinajstić information content (AvgIpc) is 1.20. The van der Waals surface area contributed by atoms with Crippen molar-refractivity contribution in [1.29, 1.82) is 0 Å². The highest BCUT2D eigenvalue weighted by Gasteiger charge is 2.54. The molecule has 107 heavy (non-hydrogen) atoms. The van der Waals surface area contributed by atoms with Gasteiger partial charge in [0.25, 0.3) is 0 Å². The third kappa shape index (κ3) is 21.7. The molecule has 3 saturated heterocycles. The van der Waals surface area contributed by atoms with E-state index < -0.39 is 23.8 Å². The number of amides is 3. The second-order valence-corrected chi connectivity index (χ2v) is 28.3. The van der Waals surface area contributed by atoms with Gasteiger partial charge >= 0.3 is 35.8 Å². The largest absolute Gasteiger partial charge is 0.481 e. The number of Topliss-reactive ketones (excluding diaryl/α,β-unsaturated/α-hetero) is 1. The maximum Gasteiger partial charge on any atom is 0.309 e. The molecule has 8 fully saturated rings. The highest BCUT2D eigenvalue weighted by atomic mass is 16.5. The number of carbonyl (C=O) groups is 10. The summed E-state index contributed by atoms with van der Waals surface area (Å²) < 4.78 is 19.3. The molecule has 0 spiro atoms. The third-order valence-electron chi connectivity index (χ3n) is 21.1. The molecule has 10 atom stereocenters. The van der Waals surface area contributed by atoms with E-state index >= 15 is 0 Å². The molecule has 0 aromatic heterocycles. The van der Waals surface area contributed by atoms with E-state index in [1.807, 2.05) is 51.1 Å². The van der Waals surface area contributed by atoms with Gasteiger partial charge in [-0.05, 0) is 100 Å². The van der Waals surface area contributed by atoms with Crippen LogP contribution in [-0.2, 0) is 66.9 Å². The van der Waals surface area contributed by atoms with Crippen LogP contribution in [0.15, 0.2) is 182 Å². The zero-order chi connectivity index (χ0) is 76.1. The number of rotatable bonds is 23. The van der Waals surface area contributed by atoms with E-state index in [9.17, 15) is 47.9 Å². The lowest BCUT2D eigenvalue weighted by molar-refractivity contribution is -0.150. The van der Waals surface area contributed by atoms with Crippen molar-refractivity contribution in [1.82, 2.24) is 29.4 Å². The maximum absolute atomic E-state index is 12.8. The molecule has 3 amide bonds. The van der Waals surface area contributed by atoms with Gasteiger partial charge in [-0.25, -0.2) is 0 Å². The molecule has 0 bridgehead atoms. The molecule has 3 aliphatic heterocycles. The Labute approximate surface area is 627 Å². The number of hydrogen-bond donors (Lipinski definition) is 2. The van der Waals surface area contributed by atoms with E-state index in [0.717, 1.165) is 58.8 Å². The Hall–Kier alpha value is -9.90. The number of benzene rings is 6. The smallest absolute Gasteiger partial charge is 0.309 e. The summed E-state index contributed by atoms with van der Waals surface area (Å²) in [5, 5.41) is 17.5. The minimum atomic E-state index is -0.900. The lowest BCUT2D eigenvalue weighted by atomic mass is 9.96. The fraction of sp³-hybridized carbons (Fsp3) is 0.459. The average molecular weight is 1460 g/mol. The van der Waals surface area contributed by atoms with Crippen molar-refractivity contribution in [2.45, 2.75) is 84.8 Å². The second-order valence-electron chi connectivity index (χ2n) is 28.3. The first kappa shape index (κ1) is 79.7. The first-order chi connectivity index (χ1) is 51.8. The molecule has 3 heterocycles. The van der Waals surface area contributed by atoms with Crippen molar-refractivity contribution in [3.63, 3.8) is 0 Å². The van der Waals surface area contributed by atoms with Crippen LogP contribution in [0.4, 0.5) is 0 Å². The van der Waals surface area contributed by atoms with E-state index in [2.05, 4.69) is 165 Å². The van der Waals surface area contributed by atoms with Crippen LogP contribution in [0.25, 0.3) is 0 Å². The molecule has 6 aromatic carbocycles. The minimum Gasteiger partial charge on any atom is -0.481 e. The standard InChI is InChI=1S/C24H28N2O3.C23H26N2O2.C22H24N2O3.C9H14O4.C7H10O4/c1-2-29-24(28)21-17-20(21)23(27)26-15-13-25(14-16-26)22(18-9-5-3-6-10-18)19-11-7-4-8-12-19;1-17(26)20-16-21(20)23(27)25-14-12-24(13-15-25)22(18-8-4-2-5-9-18)19-10-6-3-7-11-19;25-21(18-15-19(18)22(26)27)24-13-11-23(12-14-24)20(16-7-3-1-4-8-16)17-9-5-2-6-10-17;1-3-12-8(10)6-5-7(6)9(11)13-4-2;1-2-11-7(10)5-3-4(5)6(8)9/h3-12,20-22H,2,13-17H2,1H3;2-11,20-22H,12-16H2,1H3;1-10,18-20H,11-15H2,(H,26,27);6-7H,3-5H2,1-2H3;4-5H,2-3H2,1H3,(H,8,9). The van der Waals surface area contributed by atoms with E-state index in [-0.39, 0.29) is 113 Å². The van der Waals surface area contributed by atoms with Gasteiger partial charge in [-0.15, -0.1) is 0 Å². The number of carboxylic acid groups (broad SMARTS) is 2. The number of esters is 4. The Morgan fingerprint density at radius 2 is 0.477 bits per heavy atom. The molecule has 14 rings (SSSR count).